The maximum Gasteiger partial charge on any atom is 0.490 e. The Bertz CT molecular complexity index is 1130. The van der Waals surface area contributed by atoms with E-state index >= 15 is 0 Å². The van der Waals surface area contributed by atoms with Gasteiger partial charge in [-0.3, -0.25) is 4.79 Å². The van der Waals surface area contributed by atoms with Crippen molar-refractivity contribution in [2.75, 3.05) is 36.9 Å². The second-order valence-electron chi connectivity index (χ2n) is 7.87. The number of hydrogen-bond acceptors (Lipinski definition) is 7. The van der Waals surface area contributed by atoms with Gasteiger partial charge in [0.25, 0.3) is 0 Å². The summed E-state index contributed by atoms with van der Waals surface area (Å²) in [6.45, 7) is 4.07. The highest BCUT2D eigenvalue weighted by Crippen LogP contribution is 2.13. The van der Waals surface area contributed by atoms with Gasteiger partial charge in [0.2, 0.25) is 11.9 Å². The lowest BCUT2D eigenvalue weighted by molar-refractivity contribution is -0.192. The van der Waals surface area contributed by atoms with Gasteiger partial charge in [0, 0.05) is 31.3 Å². The minimum atomic E-state index is -5.08. The van der Waals surface area contributed by atoms with Crippen LogP contribution in [0.15, 0.2) is 66.7 Å². The third kappa shape index (κ3) is 12.6. The van der Waals surface area contributed by atoms with Crippen molar-refractivity contribution in [3.63, 3.8) is 0 Å². The molecule has 0 radical (unpaired) electrons. The molecule has 9 nitrogen and oxygen atoms in total. The predicted octanol–water partition coefficient (Wildman–Crippen LogP) is 4.07. The number of halogens is 3. The summed E-state index contributed by atoms with van der Waals surface area (Å²) in [5, 5.41) is 16.4. The summed E-state index contributed by atoms with van der Waals surface area (Å²) in [6, 6.07) is 21.7. The molecule has 1 amide bonds. The molecule has 1 heterocycles. The molecule has 0 bridgehead atoms. The van der Waals surface area contributed by atoms with E-state index in [0.717, 1.165) is 24.4 Å². The van der Waals surface area contributed by atoms with E-state index in [2.05, 4.69) is 38.1 Å². The number of benzene rings is 2. The van der Waals surface area contributed by atoms with Gasteiger partial charge in [-0.25, -0.2) is 9.78 Å². The van der Waals surface area contributed by atoms with Crippen molar-refractivity contribution in [3.05, 3.63) is 78.0 Å². The van der Waals surface area contributed by atoms with E-state index in [1.54, 1.807) is 0 Å². The van der Waals surface area contributed by atoms with Gasteiger partial charge in [0.1, 0.15) is 18.2 Å². The lowest BCUT2D eigenvalue weighted by Crippen LogP contribution is -2.29. The Labute approximate surface area is 218 Å². The van der Waals surface area contributed by atoms with Crippen LogP contribution in [0.3, 0.4) is 0 Å². The Hall–Kier alpha value is -4.35. The fraction of sp³-hybridized carbons (Fsp3) is 0.308. The Morgan fingerprint density at radius 1 is 0.921 bits per heavy atom. The summed E-state index contributed by atoms with van der Waals surface area (Å²) in [5.41, 5.74) is 2.13. The van der Waals surface area contributed by atoms with Gasteiger partial charge in [-0.05, 0) is 31.0 Å². The second kappa shape index (κ2) is 15.7. The van der Waals surface area contributed by atoms with E-state index in [0.29, 0.717) is 37.9 Å². The number of aliphatic carboxylic acids is 1. The van der Waals surface area contributed by atoms with E-state index in [1.165, 1.54) is 5.56 Å². The number of ether oxygens (including phenoxy) is 1. The number of amides is 1. The number of carboxylic acids is 1. The smallest absolute Gasteiger partial charge is 0.490 e. The number of anilines is 2. The van der Waals surface area contributed by atoms with Crippen molar-refractivity contribution in [1.29, 1.82) is 0 Å². The molecule has 4 N–H and O–H groups in total. The number of aryl methyl sites for hydroxylation is 1. The number of hydrogen-bond donors (Lipinski definition) is 4. The molecule has 1 aromatic heterocycles. The van der Waals surface area contributed by atoms with Crippen LogP contribution in [-0.4, -0.2) is 59.4 Å². The Morgan fingerprint density at radius 2 is 1.55 bits per heavy atom. The first-order valence-electron chi connectivity index (χ1n) is 11.8. The Morgan fingerprint density at radius 3 is 2.18 bits per heavy atom. The number of para-hydroxylation sites is 1. The summed E-state index contributed by atoms with van der Waals surface area (Å²) < 4.78 is 37.3. The van der Waals surface area contributed by atoms with Gasteiger partial charge in [-0.2, -0.15) is 18.2 Å². The number of aromatic nitrogens is 2. The third-order valence-corrected chi connectivity index (χ3v) is 4.73. The molecule has 0 fully saturated rings. The Kier molecular flexibility index (Phi) is 12.3. The predicted molar refractivity (Wildman–Crippen MR) is 137 cm³/mol. The number of carboxylic acid groups (broad SMARTS) is 1. The van der Waals surface area contributed by atoms with Crippen molar-refractivity contribution in [2.45, 2.75) is 25.9 Å². The lowest BCUT2D eigenvalue weighted by atomic mass is 10.1. The lowest BCUT2D eigenvalue weighted by Gasteiger charge is -2.10. The van der Waals surface area contributed by atoms with Crippen molar-refractivity contribution in [2.24, 2.45) is 0 Å². The van der Waals surface area contributed by atoms with Gasteiger partial charge in [0.05, 0.1) is 6.54 Å². The zero-order chi connectivity index (χ0) is 27.8. The zero-order valence-electron chi connectivity index (χ0n) is 20.8. The molecular weight excluding hydrogens is 503 g/mol. The largest absolute Gasteiger partial charge is 0.492 e. The fourth-order valence-corrected chi connectivity index (χ4v) is 2.97. The highest BCUT2D eigenvalue weighted by Gasteiger charge is 2.38. The van der Waals surface area contributed by atoms with Crippen LogP contribution in [0.2, 0.25) is 0 Å². The molecule has 0 aliphatic heterocycles. The molecule has 38 heavy (non-hydrogen) atoms. The normalized spacial score (nSPS) is 10.5. The molecule has 0 aliphatic rings. The van der Waals surface area contributed by atoms with Crippen molar-refractivity contribution in [3.8, 4) is 5.75 Å². The average molecular weight is 534 g/mol. The minimum absolute atomic E-state index is 0.0313. The fourth-order valence-electron chi connectivity index (χ4n) is 2.97. The zero-order valence-corrected chi connectivity index (χ0v) is 20.8. The summed E-state index contributed by atoms with van der Waals surface area (Å²) in [7, 11) is 0. The number of alkyl halides is 3. The van der Waals surface area contributed by atoms with Crippen LogP contribution in [0.4, 0.5) is 24.9 Å². The average Bonchev–Trinajstić information content (AvgIpc) is 2.87. The number of carbonyl (C=O) groups excluding carboxylic acids is 1. The van der Waals surface area contributed by atoms with E-state index in [-0.39, 0.29) is 5.91 Å². The van der Waals surface area contributed by atoms with Gasteiger partial charge >= 0.3 is 12.1 Å². The van der Waals surface area contributed by atoms with Gasteiger partial charge < -0.3 is 25.8 Å². The second-order valence-corrected chi connectivity index (χ2v) is 7.87. The summed E-state index contributed by atoms with van der Waals surface area (Å²) >= 11 is 0. The molecule has 0 saturated carbocycles. The maximum atomic E-state index is 12.0. The Balaban J connectivity index is 0.000000638. The third-order valence-electron chi connectivity index (χ3n) is 4.73. The molecule has 3 aromatic rings. The van der Waals surface area contributed by atoms with Crippen molar-refractivity contribution >= 4 is 23.6 Å². The van der Waals surface area contributed by atoms with Crippen LogP contribution in [0.25, 0.3) is 0 Å². The van der Waals surface area contributed by atoms with Crippen molar-refractivity contribution < 1.29 is 32.6 Å². The summed E-state index contributed by atoms with van der Waals surface area (Å²) in [6.07, 6.45) is -3.83. The topological polar surface area (TPSA) is 125 Å². The van der Waals surface area contributed by atoms with Crippen LogP contribution in [0, 0.1) is 6.92 Å². The van der Waals surface area contributed by atoms with Crippen LogP contribution in [0.1, 0.15) is 17.7 Å². The van der Waals surface area contributed by atoms with Gasteiger partial charge in [-0.1, -0.05) is 48.5 Å². The first-order chi connectivity index (χ1) is 18.1. The number of rotatable bonds is 12. The molecule has 0 spiro atoms. The van der Waals surface area contributed by atoms with Crippen LogP contribution >= 0.6 is 0 Å². The quantitative estimate of drug-likeness (QED) is 0.257. The molecular formula is C26H30F3N5O4. The first kappa shape index (κ1) is 29.9. The van der Waals surface area contributed by atoms with Crippen molar-refractivity contribution in [1.82, 2.24) is 15.3 Å². The minimum Gasteiger partial charge on any atom is -0.492 e. The summed E-state index contributed by atoms with van der Waals surface area (Å²) in [5.74, 6) is -0.703. The number of carbonyl (C=O) groups is 2. The van der Waals surface area contributed by atoms with E-state index < -0.39 is 12.1 Å². The SMILES string of the molecule is Cc1cc(NCCC(=O)NCCOc2ccccc2)nc(NCCc2ccccc2)n1.O=C(O)C(F)(F)F. The molecule has 0 atom stereocenters. The van der Waals surface area contributed by atoms with Gasteiger partial charge in [0.15, 0.2) is 0 Å². The van der Waals surface area contributed by atoms with E-state index in [4.69, 9.17) is 14.6 Å². The van der Waals surface area contributed by atoms with Crippen LogP contribution in [-0.2, 0) is 16.0 Å². The standard InChI is InChI=1S/C24H29N5O2.C2HF3O2/c1-19-18-22(29-24(28-19)27-14-12-20-8-4-2-5-9-20)25-15-13-23(30)26-16-17-31-21-10-6-3-7-11-21;3-2(4,5)1(6)7/h2-11,18H,12-17H2,1H3,(H,26,30)(H2,25,27,28,29);(H,6,7). The van der Waals surface area contributed by atoms with Gasteiger partial charge in [-0.15, -0.1) is 0 Å². The van der Waals surface area contributed by atoms with E-state index in [9.17, 15) is 18.0 Å². The number of nitrogens with zero attached hydrogens (tertiary/aromatic N) is 2. The molecule has 12 heteroatoms. The molecule has 2 aromatic carbocycles. The number of nitrogens with one attached hydrogen (secondary N) is 3. The van der Waals surface area contributed by atoms with Crippen LogP contribution in [0.5, 0.6) is 5.75 Å². The maximum absolute atomic E-state index is 12.0. The molecule has 0 aliphatic carbocycles. The highest BCUT2D eigenvalue weighted by atomic mass is 19.4. The van der Waals surface area contributed by atoms with E-state index in [1.807, 2.05) is 61.5 Å². The monoisotopic (exact) mass is 533 g/mol. The first-order valence-corrected chi connectivity index (χ1v) is 11.8. The molecule has 3 rings (SSSR count). The molecule has 0 saturated heterocycles. The molecule has 204 valence electrons. The highest BCUT2D eigenvalue weighted by molar-refractivity contribution is 5.76. The molecule has 0 unspecified atom stereocenters. The summed E-state index contributed by atoms with van der Waals surface area (Å²) in [4.78, 5) is 29.8. The van der Waals surface area contributed by atoms with Crippen LogP contribution < -0.4 is 20.7 Å².